The van der Waals surface area contributed by atoms with E-state index in [4.69, 9.17) is 4.74 Å². The van der Waals surface area contributed by atoms with Gasteiger partial charge in [-0.25, -0.2) is 4.98 Å². The number of hydrogen-bond acceptors (Lipinski definition) is 6. The van der Waals surface area contributed by atoms with Crippen LogP contribution in [0, 0.1) is 13.8 Å². The van der Waals surface area contributed by atoms with Gasteiger partial charge < -0.3 is 24.4 Å². The highest BCUT2D eigenvalue weighted by atomic mass is 16.5. The SMILES string of the molecule is CCOc1cc(C2/C(=C(\O)c3cc(C)ccc3C)C(=O)C(=O)N2CCCn2ccnc2)ccc1O. The summed E-state index contributed by atoms with van der Waals surface area (Å²) in [5.41, 5.74) is 2.82. The predicted octanol–water partition coefficient (Wildman–Crippen LogP) is 4.12. The standard InChI is InChI=1S/C27H29N3O5/c1-4-35-22-15-19(8-9-21(22)31)24-23(25(32)20-14-17(2)6-7-18(20)3)26(33)27(34)30(24)12-5-11-29-13-10-28-16-29/h6-10,13-16,24,31-32H,4-5,11-12H2,1-3H3/b25-23+. The summed E-state index contributed by atoms with van der Waals surface area (Å²) in [6, 6.07) is 9.52. The number of rotatable bonds is 8. The molecule has 8 nitrogen and oxygen atoms in total. The Kier molecular flexibility index (Phi) is 6.91. The molecule has 1 saturated heterocycles. The van der Waals surface area contributed by atoms with E-state index in [1.165, 1.54) is 11.0 Å². The first-order valence-electron chi connectivity index (χ1n) is 11.6. The molecule has 1 aromatic heterocycles. The Hall–Kier alpha value is -4.07. The zero-order valence-corrected chi connectivity index (χ0v) is 20.1. The lowest BCUT2D eigenvalue weighted by Crippen LogP contribution is -2.31. The van der Waals surface area contributed by atoms with Crippen LogP contribution in [0.1, 0.15) is 41.6 Å². The number of nitrogens with zero attached hydrogens (tertiary/aromatic N) is 3. The maximum atomic E-state index is 13.3. The molecule has 182 valence electrons. The Bertz CT molecular complexity index is 1280. The number of carbonyl (C=O) groups excluding carboxylic acids is 2. The van der Waals surface area contributed by atoms with Gasteiger partial charge in [0, 0.05) is 31.0 Å². The number of amides is 1. The third kappa shape index (κ3) is 4.77. The van der Waals surface area contributed by atoms with Crippen LogP contribution in [0.15, 0.2) is 60.7 Å². The Labute approximate surface area is 204 Å². The number of aryl methyl sites for hydroxylation is 3. The van der Waals surface area contributed by atoms with E-state index in [1.54, 1.807) is 37.6 Å². The number of likely N-dealkylation sites (tertiary alicyclic amines) is 1. The van der Waals surface area contributed by atoms with Gasteiger partial charge in [0.25, 0.3) is 11.7 Å². The van der Waals surface area contributed by atoms with Gasteiger partial charge in [-0.05, 0) is 56.5 Å². The molecule has 1 fully saturated rings. The minimum atomic E-state index is -0.822. The van der Waals surface area contributed by atoms with Crippen LogP contribution in [0.3, 0.4) is 0 Å². The average molecular weight is 476 g/mol. The lowest BCUT2D eigenvalue weighted by Gasteiger charge is -2.26. The fourth-order valence-electron chi connectivity index (χ4n) is 4.41. The lowest BCUT2D eigenvalue weighted by molar-refractivity contribution is -0.139. The molecule has 0 saturated carbocycles. The second kappa shape index (κ2) is 10.0. The van der Waals surface area contributed by atoms with Crippen molar-refractivity contribution in [3.63, 3.8) is 0 Å². The number of imidazole rings is 1. The molecule has 2 aromatic carbocycles. The highest BCUT2D eigenvalue weighted by Gasteiger charge is 2.46. The number of aliphatic hydroxyl groups is 1. The molecular weight excluding hydrogens is 446 g/mol. The first-order valence-corrected chi connectivity index (χ1v) is 11.6. The molecule has 1 unspecified atom stereocenters. The van der Waals surface area contributed by atoms with E-state index in [1.807, 2.05) is 36.7 Å². The molecule has 1 aliphatic rings. The minimum absolute atomic E-state index is 0.0273. The highest BCUT2D eigenvalue weighted by Crippen LogP contribution is 2.42. The zero-order valence-electron chi connectivity index (χ0n) is 20.1. The first kappa shape index (κ1) is 24.1. The summed E-state index contributed by atoms with van der Waals surface area (Å²) in [7, 11) is 0. The van der Waals surface area contributed by atoms with Crippen molar-refractivity contribution in [3.8, 4) is 11.5 Å². The van der Waals surface area contributed by atoms with Gasteiger partial charge in [-0.2, -0.15) is 0 Å². The van der Waals surface area contributed by atoms with Gasteiger partial charge in [0.2, 0.25) is 0 Å². The molecule has 8 heteroatoms. The van der Waals surface area contributed by atoms with Crippen LogP contribution >= 0.6 is 0 Å². The average Bonchev–Trinajstić information content (AvgIpc) is 3.44. The number of aromatic hydroxyl groups is 1. The lowest BCUT2D eigenvalue weighted by atomic mass is 9.93. The maximum absolute atomic E-state index is 13.3. The van der Waals surface area contributed by atoms with Gasteiger partial charge in [0.15, 0.2) is 11.5 Å². The molecule has 2 heterocycles. The number of ether oxygens (including phenoxy) is 1. The second-order valence-electron chi connectivity index (χ2n) is 8.63. The second-order valence-corrected chi connectivity index (χ2v) is 8.63. The summed E-state index contributed by atoms with van der Waals surface area (Å²) in [5, 5.41) is 21.6. The number of carbonyl (C=O) groups is 2. The number of hydrogen-bond donors (Lipinski definition) is 2. The van der Waals surface area contributed by atoms with Crippen LogP contribution in [0.2, 0.25) is 0 Å². The Morgan fingerprint density at radius 3 is 2.63 bits per heavy atom. The number of Topliss-reactive ketones (excluding diaryl/α,β-unsaturated/α-hetero) is 1. The highest BCUT2D eigenvalue weighted by molar-refractivity contribution is 6.46. The minimum Gasteiger partial charge on any atom is -0.507 e. The van der Waals surface area contributed by atoms with Crippen LogP contribution in [-0.4, -0.2) is 49.5 Å². The van der Waals surface area contributed by atoms with Crippen LogP contribution in [0.4, 0.5) is 0 Å². The van der Waals surface area contributed by atoms with Crippen LogP contribution in [0.5, 0.6) is 11.5 Å². The first-order chi connectivity index (χ1) is 16.8. The molecule has 0 aliphatic carbocycles. The van der Waals surface area contributed by atoms with Crippen LogP contribution in [0.25, 0.3) is 5.76 Å². The van der Waals surface area contributed by atoms with E-state index >= 15 is 0 Å². The number of benzene rings is 2. The molecule has 1 amide bonds. The third-order valence-electron chi connectivity index (χ3n) is 6.16. The van der Waals surface area contributed by atoms with Gasteiger partial charge in [0.1, 0.15) is 5.76 Å². The summed E-state index contributed by atoms with van der Waals surface area (Å²) in [6.45, 7) is 6.79. The fourth-order valence-corrected chi connectivity index (χ4v) is 4.41. The van der Waals surface area contributed by atoms with Crippen molar-refractivity contribution in [3.05, 3.63) is 82.9 Å². The monoisotopic (exact) mass is 475 g/mol. The van der Waals surface area contributed by atoms with E-state index in [0.717, 1.165) is 11.1 Å². The number of ketones is 1. The van der Waals surface area contributed by atoms with Crippen LogP contribution in [-0.2, 0) is 16.1 Å². The molecule has 35 heavy (non-hydrogen) atoms. The predicted molar refractivity (Wildman–Crippen MR) is 131 cm³/mol. The van der Waals surface area contributed by atoms with Crippen molar-refractivity contribution >= 4 is 17.4 Å². The number of phenols is 1. The zero-order chi connectivity index (χ0) is 25.1. The van der Waals surface area contributed by atoms with Crippen molar-refractivity contribution in [2.24, 2.45) is 0 Å². The van der Waals surface area contributed by atoms with E-state index in [0.29, 0.717) is 37.2 Å². The molecule has 4 rings (SSSR count). The van der Waals surface area contributed by atoms with Crippen molar-refractivity contribution < 1.29 is 24.5 Å². The van der Waals surface area contributed by atoms with Gasteiger partial charge in [0.05, 0.1) is 24.5 Å². The summed E-state index contributed by atoms with van der Waals surface area (Å²) in [6.07, 6.45) is 5.79. The van der Waals surface area contributed by atoms with Gasteiger partial charge >= 0.3 is 0 Å². The Morgan fingerprint density at radius 2 is 1.91 bits per heavy atom. The summed E-state index contributed by atoms with van der Waals surface area (Å²) < 4.78 is 7.44. The fraction of sp³-hybridized carbons (Fsp3) is 0.296. The number of aromatic nitrogens is 2. The third-order valence-corrected chi connectivity index (χ3v) is 6.16. The summed E-state index contributed by atoms with van der Waals surface area (Å²) in [4.78, 5) is 32.0. The molecule has 2 N–H and O–H groups in total. The molecule has 3 aromatic rings. The largest absolute Gasteiger partial charge is 0.507 e. The molecule has 0 spiro atoms. The summed E-state index contributed by atoms with van der Waals surface area (Å²) in [5.74, 6) is -1.40. The van der Waals surface area contributed by atoms with E-state index in [2.05, 4.69) is 4.98 Å². The summed E-state index contributed by atoms with van der Waals surface area (Å²) >= 11 is 0. The van der Waals surface area contributed by atoms with Gasteiger partial charge in [-0.15, -0.1) is 0 Å². The normalized spacial score (nSPS) is 17.2. The Morgan fingerprint density at radius 1 is 1.11 bits per heavy atom. The topological polar surface area (TPSA) is 105 Å². The van der Waals surface area contributed by atoms with E-state index < -0.39 is 17.7 Å². The smallest absolute Gasteiger partial charge is 0.295 e. The van der Waals surface area contributed by atoms with E-state index in [-0.39, 0.29) is 22.8 Å². The molecule has 1 atom stereocenters. The maximum Gasteiger partial charge on any atom is 0.295 e. The van der Waals surface area contributed by atoms with Crippen molar-refractivity contribution in [2.45, 2.75) is 39.8 Å². The van der Waals surface area contributed by atoms with Crippen molar-refractivity contribution in [1.29, 1.82) is 0 Å². The van der Waals surface area contributed by atoms with Gasteiger partial charge in [-0.1, -0.05) is 23.8 Å². The van der Waals surface area contributed by atoms with Crippen LogP contribution < -0.4 is 4.74 Å². The Balaban J connectivity index is 1.80. The molecule has 0 bridgehead atoms. The quantitative estimate of drug-likeness (QED) is 0.289. The number of phenolic OH excluding ortho intramolecular Hbond substituents is 1. The van der Waals surface area contributed by atoms with Crippen molar-refractivity contribution in [2.75, 3.05) is 13.2 Å². The van der Waals surface area contributed by atoms with Gasteiger partial charge in [-0.3, -0.25) is 9.59 Å². The molecular formula is C27H29N3O5. The number of aliphatic hydroxyl groups excluding tert-OH is 1. The van der Waals surface area contributed by atoms with Crippen molar-refractivity contribution in [1.82, 2.24) is 14.5 Å². The molecule has 0 radical (unpaired) electrons. The van der Waals surface area contributed by atoms with E-state index in [9.17, 15) is 19.8 Å². The molecule has 1 aliphatic heterocycles.